The zero-order chi connectivity index (χ0) is 26.7. The number of benzene rings is 2. The summed E-state index contributed by atoms with van der Waals surface area (Å²) < 4.78 is 18.9. The van der Waals surface area contributed by atoms with E-state index in [1.807, 2.05) is 6.07 Å². The lowest BCUT2D eigenvalue weighted by atomic mass is 10.1. The van der Waals surface area contributed by atoms with Crippen molar-refractivity contribution in [2.45, 2.75) is 25.9 Å². The van der Waals surface area contributed by atoms with Crippen molar-refractivity contribution in [3.8, 4) is 11.5 Å². The average molecular weight is 537 g/mol. The van der Waals surface area contributed by atoms with Crippen molar-refractivity contribution < 1.29 is 18.7 Å². The van der Waals surface area contributed by atoms with Gasteiger partial charge in [-0.05, 0) is 74.0 Å². The van der Waals surface area contributed by atoms with Crippen LogP contribution in [0.15, 0.2) is 66.9 Å². The average Bonchev–Trinajstić information content (AvgIpc) is 2.94. The standard InChI is InChI=1S/C29H30ClFN4O3/c30-26-9-8-23(18-22(26)20-31)34-28(36)10-7-21-5-4-6-24(17-21)38-25-11-12-32-27(19-25)29(37)33-13-16-35-14-2-1-3-15-35/h4-12,17-19H,1-3,13-16,20H2,(H,33,37)(H,34,36). The first-order chi connectivity index (χ1) is 18.5. The van der Waals surface area contributed by atoms with Gasteiger partial charge in [-0.15, -0.1) is 0 Å². The Morgan fingerprint density at radius 3 is 2.68 bits per heavy atom. The quantitative estimate of drug-likeness (QED) is 0.317. The Bertz CT molecular complexity index is 1290. The summed E-state index contributed by atoms with van der Waals surface area (Å²) in [6.07, 6.45) is 8.26. The minimum Gasteiger partial charge on any atom is -0.457 e. The summed E-state index contributed by atoms with van der Waals surface area (Å²) in [6.45, 7) is 2.86. The molecule has 2 N–H and O–H groups in total. The number of aromatic nitrogens is 1. The third-order valence-electron chi connectivity index (χ3n) is 6.10. The van der Waals surface area contributed by atoms with Crippen LogP contribution in [0.2, 0.25) is 5.02 Å². The summed E-state index contributed by atoms with van der Waals surface area (Å²) in [5.41, 5.74) is 1.79. The van der Waals surface area contributed by atoms with Crippen molar-refractivity contribution in [1.29, 1.82) is 0 Å². The van der Waals surface area contributed by atoms with Crippen LogP contribution in [-0.2, 0) is 11.5 Å². The first-order valence-corrected chi connectivity index (χ1v) is 13.0. The van der Waals surface area contributed by atoms with Crippen molar-refractivity contribution in [2.75, 3.05) is 31.5 Å². The molecule has 2 amide bonds. The van der Waals surface area contributed by atoms with E-state index in [1.165, 1.54) is 37.6 Å². The van der Waals surface area contributed by atoms with E-state index in [2.05, 4.69) is 20.5 Å². The van der Waals surface area contributed by atoms with Crippen LogP contribution in [0.3, 0.4) is 0 Å². The maximum absolute atomic E-state index is 13.0. The number of hydrogen-bond acceptors (Lipinski definition) is 5. The molecule has 1 aliphatic heterocycles. The molecule has 198 valence electrons. The van der Waals surface area contributed by atoms with Crippen LogP contribution in [0.25, 0.3) is 6.08 Å². The minimum absolute atomic E-state index is 0.241. The van der Waals surface area contributed by atoms with E-state index in [0.29, 0.717) is 34.3 Å². The molecule has 0 aliphatic carbocycles. The molecule has 0 saturated carbocycles. The van der Waals surface area contributed by atoms with Crippen LogP contribution >= 0.6 is 11.6 Å². The summed E-state index contributed by atoms with van der Waals surface area (Å²) in [4.78, 5) is 31.4. The third kappa shape index (κ3) is 8.13. The number of likely N-dealkylation sites (tertiary alicyclic amines) is 1. The Morgan fingerprint density at radius 1 is 1.05 bits per heavy atom. The maximum atomic E-state index is 13.0. The van der Waals surface area contributed by atoms with E-state index in [1.54, 1.807) is 48.5 Å². The molecule has 2 heterocycles. The SMILES string of the molecule is O=C(C=Cc1cccc(Oc2ccnc(C(=O)NCCN3CCCCC3)c2)c1)Nc1ccc(Cl)c(CF)c1. The van der Waals surface area contributed by atoms with E-state index in [4.69, 9.17) is 16.3 Å². The van der Waals surface area contributed by atoms with Crippen molar-refractivity contribution in [3.05, 3.63) is 88.7 Å². The van der Waals surface area contributed by atoms with Gasteiger partial charge in [-0.3, -0.25) is 14.6 Å². The van der Waals surface area contributed by atoms with E-state index < -0.39 is 6.67 Å². The normalized spacial score (nSPS) is 13.8. The zero-order valence-corrected chi connectivity index (χ0v) is 21.7. The fraction of sp³-hybridized carbons (Fsp3) is 0.276. The Morgan fingerprint density at radius 2 is 1.87 bits per heavy atom. The molecule has 4 rings (SSSR count). The fourth-order valence-corrected chi connectivity index (χ4v) is 4.30. The number of carbonyl (C=O) groups is 2. The molecule has 0 spiro atoms. The molecule has 0 bridgehead atoms. The van der Waals surface area contributed by atoms with Crippen molar-refractivity contribution in [2.24, 2.45) is 0 Å². The predicted octanol–water partition coefficient (Wildman–Crippen LogP) is 5.86. The smallest absolute Gasteiger partial charge is 0.270 e. The molecule has 2 aromatic carbocycles. The van der Waals surface area contributed by atoms with Crippen LogP contribution in [0.4, 0.5) is 10.1 Å². The minimum atomic E-state index is -0.715. The number of nitrogens with zero attached hydrogens (tertiary/aromatic N) is 2. The van der Waals surface area contributed by atoms with Gasteiger partial charge in [0.25, 0.3) is 5.91 Å². The molecule has 1 aromatic heterocycles. The number of ether oxygens (including phenoxy) is 1. The summed E-state index contributed by atoms with van der Waals surface area (Å²) in [7, 11) is 0. The van der Waals surface area contributed by atoms with Gasteiger partial charge in [-0.1, -0.05) is 30.2 Å². The van der Waals surface area contributed by atoms with Gasteiger partial charge in [-0.25, -0.2) is 4.39 Å². The van der Waals surface area contributed by atoms with Gasteiger partial charge in [0.05, 0.1) is 0 Å². The van der Waals surface area contributed by atoms with Gasteiger partial charge in [0, 0.05) is 47.7 Å². The molecule has 1 aliphatic rings. The second-order valence-corrected chi connectivity index (χ2v) is 9.38. The van der Waals surface area contributed by atoms with E-state index in [0.717, 1.165) is 25.2 Å². The Kier molecular flexibility index (Phi) is 9.84. The number of pyridine rings is 1. The number of anilines is 1. The van der Waals surface area contributed by atoms with Crippen LogP contribution in [0.5, 0.6) is 11.5 Å². The van der Waals surface area contributed by atoms with Crippen LogP contribution < -0.4 is 15.4 Å². The highest BCUT2D eigenvalue weighted by atomic mass is 35.5. The molecule has 38 heavy (non-hydrogen) atoms. The number of nitrogens with one attached hydrogen (secondary N) is 2. The van der Waals surface area contributed by atoms with Gasteiger partial charge in [0.1, 0.15) is 23.9 Å². The summed E-state index contributed by atoms with van der Waals surface area (Å²) in [6, 6.07) is 15.1. The predicted molar refractivity (Wildman–Crippen MR) is 147 cm³/mol. The first-order valence-electron chi connectivity index (χ1n) is 12.6. The molecule has 0 unspecified atom stereocenters. The Labute approximate surface area is 226 Å². The van der Waals surface area contributed by atoms with E-state index >= 15 is 0 Å². The summed E-state index contributed by atoms with van der Waals surface area (Å²) >= 11 is 5.91. The van der Waals surface area contributed by atoms with Gasteiger partial charge in [0.2, 0.25) is 5.91 Å². The molecule has 1 saturated heterocycles. The molecule has 3 aromatic rings. The molecular formula is C29H30ClFN4O3. The number of hydrogen-bond donors (Lipinski definition) is 2. The number of alkyl halides is 1. The van der Waals surface area contributed by atoms with Crippen LogP contribution in [0, 0.1) is 0 Å². The summed E-state index contributed by atoms with van der Waals surface area (Å²) in [5, 5.41) is 5.93. The van der Waals surface area contributed by atoms with Crippen molar-refractivity contribution >= 4 is 35.2 Å². The highest BCUT2D eigenvalue weighted by Gasteiger charge is 2.12. The van der Waals surface area contributed by atoms with Crippen molar-refractivity contribution in [1.82, 2.24) is 15.2 Å². The highest BCUT2D eigenvalue weighted by molar-refractivity contribution is 6.31. The number of halogens is 2. The lowest BCUT2D eigenvalue weighted by Crippen LogP contribution is -2.37. The summed E-state index contributed by atoms with van der Waals surface area (Å²) in [5.74, 6) is 0.412. The number of rotatable bonds is 10. The van der Waals surface area contributed by atoms with Crippen LogP contribution in [-0.4, -0.2) is 47.9 Å². The first kappa shape index (κ1) is 27.3. The van der Waals surface area contributed by atoms with E-state index in [-0.39, 0.29) is 17.5 Å². The molecule has 9 heteroatoms. The molecule has 1 fully saturated rings. The van der Waals surface area contributed by atoms with E-state index in [9.17, 15) is 14.0 Å². The monoisotopic (exact) mass is 536 g/mol. The lowest BCUT2D eigenvalue weighted by molar-refractivity contribution is -0.111. The third-order valence-corrected chi connectivity index (χ3v) is 6.47. The number of amides is 2. The topological polar surface area (TPSA) is 83.6 Å². The maximum Gasteiger partial charge on any atom is 0.270 e. The van der Waals surface area contributed by atoms with Crippen molar-refractivity contribution in [3.63, 3.8) is 0 Å². The second-order valence-electron chi connectivity index (χ2n) is 8.97. The lowest BCUT2D eigenvalue weighted by Gasteiger charge is -2.26. The number of carbonyl (C=O) groups excluding carboxylic acids is 2. The number of piperidine rings is 1. The molecule has 7 nitrogen and oxygen atoms in total. The fourth-order valence-electron chi connectivity index (χ4n) is 4.13. The van der Waals surface area contributed by atoms with Gasteiger partial charge in [0.15, 0.2) is 0 Å². The van der Waals surface area contributed by atoms with Gasteiger partial charge in [-0.2, -0.15) is 0 Å². The molecule has 0 atom stereocenters. The highest BCUT2D eigenvalue weighted by Crippen LogP contribution is 2.24. The van der Waals surface area contributed by atoms with Crippen LogP contribution in [0.1, 0.15) is 40.9 Å². The van der Waals surface area contributed by atoms with Gasteiger partial charge >= 0.3 is 0 Å². The van der Waals surface area contributed by atoms with Gasteiger partial charge < -0.3 is 20.3 Å². The largest absolute Gasteiger partial charge is 0.457 e. The Hall–Kier alpha value is -3.75. The second kappa shape index (κ2) is 13.7. The molecule has 0 radical (unpaired) electrons. The zero-order valence-electron chi connectivity index (χ0n) is 21.0. The molecular weight excluding hydrogens is 507 g/mol. The Balaban J connectivity index is 1.31.